The van der Waals surface area contributed by atoms with Crippen LogP contribution >= 0.6 is 23.6 Å². The molecule has 0 amide bonds. The van der Waals surface area contributed by atoms with Gasteiger partial charge >= 0.3 is 0 Å². The third-order valence-electron chi connectivity index (χ3n) is 3.11. The highest BCUT2D eigenvalue weighted by Gasteiger charge is 2.10. The number of rotatable bonds is 4. The van der Waals surface area contributed by atoms with Crippen molar-refractivity contribution in [2.24, 2.45) is 5.73 Å². The Morgan fingerprint density at radius 3 is 2.95 bits per heavy atom. The molecule has 1 aromatic carbocycles. The fourth-order valence-corrected chi connectivity index (χ4v) is 3.02. The second kappa shape index (κ2) is 5.75. The third-order valence-corrected chi connectivity index (χ3v) is 4.19. The Balaban J connectivity index is 1.93. The summed E-state index contributed by atoms with van der Waals surface area (Å²) in [4.78, 5) is 5.54. The molecule has 2 aromatic heterocycles. The summed E-state index contributed by atoms with van der Waals surface area (Å²) in [5.41, 5.74) is 6.74. The van der Waals surface area contributed by atoms with Gasteiger partial charge in [0.25, 0.3) is 0 Å². The van der Waals surface area contributed by atoms with Crippen LogP contribution in [-0.2, 0) is 6.54 Å². The zero-order chi connectivity index (χ0) is 14.8. The van der Waals surface area contributed by atoms with Crippen LogP contribution < -0.4 is 5.73 Å². The van der Waals surface area contributed by atoms with Crippen molar-refractivity contribution in [1.29, 1.82) is 0 Å². The first-order valence-electron chi connectivity index (χ1n) is 6.28. The fourth-order valence-electron chi connectivity index (χ4n) is 2.12. The fraction of sp³-hybridized carbons (Fsp3) is 0.0667. The summed E-state index contributed by atoms with van der Waals surface area (Å²) >= 11 is 6.50. The largest absolute Gasteiger partial charge is 0.389 e. The first kappa shape index (κ1) is 13.9. The molecule has 3 rings (SSSR count). The van der Waals surface area contributed by atoms with Gasteiger partial charge in [-0.3, -0.25) is 0 Å². The van der Waals surface area contributed by atoms with Gasteiger partial charge in [0.15, 0.2) is 0 Å². The first-order valence-corrected chi connectivity index (χ1v) is 7.57. The molecular weight excluding hydrogens is 305 g/mol. The van der Waals surface area contributed by atoms with Gasteiger partial charge in [-0.15, -0.1) is 11.3 Å². The van der Waals surface area contributed by atoms with Crippen molar-refractivity contribution in [1.82, 2.24) is 9.55 Å². The quantitative estimate of drug-likeness (QED) is 0.750. The predicted octanol–water partition coefficient (Wildman–Crippen LogP) is 3.43. The molecule has 2 heterocycles. The van der Waals surface area contributed by atoms with Gasteiger partial charge in [0, 0.05) is 24.5 Å². The highest BCUT2D eigenvalue weighted by molar-refractivity contribution is 7.80. The lowest BCUT2D eigenvalue weighted by Gasteiger charge is -2.09. The second-order valence-electron chi connectivity index (χ2n) is 4.53. The Kier molecular flexibility index (Phi) is 3.81. The van der Waals surface area contributed by atoms with Crippen molar-refractivity contribution < 1.29 is 4.39 Å². The maximum atomic E-state index is 13.6. The van der Waals surface area contributed by atoms with Gasteiger partial charge in [-0.2, -0.15) is 0 Å². The van der Waals surface area contributed by atoms with Gasteiger partial charge in [0.1, 0.15) is 16.6 Å². The van der Waals surface area contributed by atoms with Crippen molar-refractivity contribution in [3.8, 4) is 10.7 Å². The van der Waals surface area contributed by atoms with E-state index >= 15 is 0 Å². The summed E-state index contributed by atoms with van der Waals surface area (Å²) in [6.07, 6.45) is 3.66. The minimum atomic E-state index is -0.393. The molecule has 0 saturated carbocycles. The topological polar surface area (TPSA) is 43.8 Å². The average molecular weight is 317 g/mol. The van der Waals surface area contributed by atoms with Crippen molar-refractivity contribution in [2.45, 2.75) is 6.54 Å². The van der Waals surface area contributed by atoms with Crippen LogP contribution in [0, 0.1) is 5.82 Å². The molecule has 0 aliphatic carbocycles. The van der Waals surface area contributed by atoms with Gasteiger partial charge in [-0.1, -0.05) is 24.4 Å². The summed E-state index contributed by atoms with van der Waals surface area (Å²) in [5.74, 6) is 0.501. The zero-order valence-corrected chi connectivity index (χ0v) is 12.6. The monoisotopic (exact) mass is 317 g/mol. The predicted molar refractivity (Wildman–Crippen MR) is 86.9 cm³/mol. The molecule has 0 spiro atoms. The molecule has 3 nitrogen and oxygen atoms in total. The van der Waals surface area contributed by atoms with E-state index in [0.29, 0.717) is 6.54 Å². The molecule has 0 aliphatic rings. The Bertz CT molecular complexity index is 778. The molecule has 21 heavy (non-hydrogen) atoms. The van der Waals surface area contributed by atoms with Crippen LogP contribution in [-0.4, -0.2) is 14.5 Å². The lowest BCUT2D eigenvalue weighted by atomic mass is 10.1. The van der Waals surface area contributed by atoms with Gasteiger partial charge in [0.05, 0.1) is 4.88 Å². The lowest BCUT2D eigenvalue weighted by molar-refractivity contribution is 0.624. The van der Waals surface area contributed by atoms with E-state index in [-0.39, 0.29) is 10.6 Å². The third kappa shape index (κ3) is 2.86. The molecule has 0 aliphatic heterocycles. The summed E-state index contributed by atoms with van der Waals surface area (Å²) in [5, 5.41) is 2.01. The molecule has 0 radical (unpaired) electrons. The number of hydrogen-bond acceptors (Lipinski definition) is 3. The smallest absolute Gasteiger partial charge is 0.150 e. The molecular formula is C15H12FN3S2. The molecule has 3 aromatic rings. The maximum absolute atomic E-state index is 13.6. The highest BCUT2D eigenvalue weighted by Crippen LogP contribution is 2.23. The van der Waals surface area contributed by atoms with Crippen LogP contribution in [0.5, 0.6) is 0 Å². The number of aromatic nitrogens is 2. The van der Waals surface area contributed by atoms with E-state index in [0.717, 1.165) is 16.3 Å². The first-order chi connectivity index (χ1) is 10.1. The summed E-state index contributed by atoms with van der Waals surface area (Å²) in [6.45, 7) is 0.586. The van der Waals surface area contributed by atoms with Crippen LogP contribution in [0.2, 0.25) is 0 Å². The normalized spacial score (nSPS) is 10.7. The SMILES string of the molecule is NC(=S)c1cc(Cn2ccnc2-c2cccs2)ccc1F. The van der Waals surface area contributed by atoms with Crippen LogP contribution in [0.1, 0.15) is 11.1 Å². The van der Waals surface area contributed by atoms with E-state index in [1.165, 1.54) is 6.07 Å². The molecule has 0 fully saturated rings. The van der Waals surface area contributed by atoms with Gasteiger partial charge < -0.3 is 10.3 Å². The van der Waals surface area contributed by atoms with Crippen molar-refractivity contribution in [3.63, 3.8) is 0 Å². The number of thiocarbonyl (C=S) groups is 1. The van der Waals surface area contributed by atoms with Crippen LogP contribution in [0.3, 0.4) is 0 Å². The van der Waals surface area contributed by atoms with E-state index in [9.17, 15) is 4.39 Å². The molecule has 6 heteroatoms. The lowest BCUT2D eigenvalue weighted by Crippen LogP contribution is -2.12. The summed E-state index contributed by atoms with van der Waals surface area (Å²) < 4.78 is 15.6. The number of benzene rings is 1. The van der Waals surface area contributed by atoms with Crippen molar-refractivity contribution >= 4 is 28.5 Å². The van der Waals surface area contributed by atoms with Crippen LogP contribution in [0.15, 0.2) is 48.1 Å². The van der Waals surface area contributed by atoms with E-state index in [2.05, 4.69) is 4.98 Å². The number of nitrogens with zero attached hydrogens (tertiary/aromatic N) is 2. The number of thiophene rings is 1. The molecule has 0 atom stereocenters. The average Bonchev–Trinajstić information content (AvgIpc) is 3.11. The Morgan fingerprint density at radius 2 is 2.24 bits per heavy atom. The zero-order valence-electron chi connectivity index (χ0n) is 11.0. The molecule has 0 unspecified atom stereocenters. The summed E-state index contributed by atoms with van der Waals surface area (Å²) in [7, 11) is 0. The number of hydrogen-bond donors (Lipinski definition) is 1. The number of nitrogens with two attached hydrogens (primary N) is 1. The van der Waals surface area contributed by atoms with Crippen molar-refractivity contribution in [3.05, 3.63) is 65.0 Å². The van der Waals surface area contributed by atoms with Crippen molar-refractivity contribution in [2.75, 3.05) is 0 Å². The van der Waals surface area contributed by atoms with Crippen LogP contribution in [0.4, 0.5) is 4.39 Å². The van der Waals surface area contributed by atoms with E-state index in [1.54, 1.807) is 29.7 Å². The van der Waals surface area contributed by atoms with Gasteiger partial charge in [-0.05, 0) is 29.1 Å². The van der Waals surface area contributed by atoms with Gasteiger partial charge in [-0.25, -0.2) is 9.37 Å². The minimum Gasteiger partial charge on any atom is -0.389 e. The highest BCUT2D eigenvalue weighted by atomic mass is 32.1. The van der Waals surface area contributed by atoms with E-state index in [4.69, 9.17) is 18.0 Å². The molecule has 0 bridgehead atoms. The molecule has 106 valence electrons. The maximum Gasteiger partial charge on any atom is 0.150 e. The van der Waals surface area contributed by atoms with E-state index < -0.39 is 5.82 Å². The molecule has 2 N–H and O–H groups in total. The minimum absolute atomic E-state index is 0.0680. The van der Waals surface area contributed by atoms with E-state index in [1.807, 2.05) is 28.3 Å². The van der Waals surface area contributed by atoms with Crippen LogP contribution in [0.25, 0.3) is 10.7 Å². The molecule has 0 saturated heterocycles. The Labute approximate surface area is 130 Å². The number of halogens is 1. The number of imidazole rings is 1. The van der Waals surface area contributed by atoms with Gasteiger partial charge in [0.2, 0.25) is 0 Å². The standard InChI is InChI=1S/C15H12FN3S2/c16-12-4-3-10(8-11(12)14(17)20)9-19-6-5-18-15(19)13-2-1-7-21-13/h1-8H,9H2,(H2,17,20). The Morgan fingerprint density at radius 1 is 1.38 bits per heavy atom. The Hall–Kier alpha value is -2.05. The second-order valence-corrected chi connectivity index (χ2v) is 5.92. The summed E-state index contributed by atoms with van der Waals surface area (Å²) in [6, 6.07) is 8.83.